The van der Waals surface area contributed by atoms with Crippen LogP contribution in [0.4, 0.5) is 0 Å². The Morgan fingerprint density at radius 3 is 2.47 bits per heavy atom. The van der Waals surface area contributed by atoms with Gasteiger partial charge in [-0.25, -0.2) is 8.42 Å². The second kappa shape index (κ2) is 5.87. The highest BCUT2D eigenvalue weighted by molar-refractivity contribution is 7.89. The summed E-state index contributed by atoms with van der Waals surface area (Å²) >= 11 is 0. The van der Waals surface area contributed by atoms with Crippen molar-refractivity contribution >= 4 is 16.0 Å². The van der Waals surface area contributed by atoms with Gasteiger partial charge in [-0.1, -0.05) is 13.0 Å². The van der Waals surface area contributed by atoms with Crippen LogP contribution >= 0.6 is 0 Å². The van der Waals surface area contributed by atoms with Gasteiger partial charge >= 0.3 is 5.97 Å². The van der Waals surface area contributed by atoms with Crippen LogP contribution in [0.2, 0.25) is 0 Å². The first-order valence-electron chi connectivity index (χ1n) is 4.67. The quantitative estimate of drug-likeness (QED) is 0.659. The van der Waals surface area contributed by atoms with Crippen molar-refractivity contribution in [1.82, 2.24) is 4.31 Å². The van der Waals surface area contributed by atoms with E-state index in [1.807, 2.05) is 0 Å². The van der Waals surface area contributed by atoms with Gasteiger partial charge in [0.2, 0.25) is 10.0 Å². The van der Waals surface area contributed by atoms with E-state index in [2.05, 4.69) is 6.58 Å². The average molecular weight is 235 g/mol. The lowest BCUT2D eigenvalue weighted by molar-refractivity contribution is -0.137. The van der Waals surface area contributed by atoms with Gasteiger partial charge in [-0.2, -0.15) is 4.31 Å². The van der Waals surface area contributed by atoms with E-state index >= 15 is 0 Å². The van der Waals surface area contributed by atoms with Crippen LogP contribution in [-0.2, 0) is 14.8 Å². The number of nitrogens with zero attached hydrogens (tertiary/aromatic N) is 1. The predicted octanol–water partition coefficient (Wildman–Crippen LogP) is 0.687. The molecule has 0 saturated heterocycles. The lowest BCUT2D eigenvalue weighted by Gasteiger charge is -2.25. The van der Waals surface area contributed by atoms with Crippen LogP contribution in [0.25, 0.3) is 0 Å². The molecule has 0 aliphatic carbocycles. The Morgan fingerprint density at radius 2 is 2.13 bits per heavy atom. The number of rotatable bonds is 7. The summed E-state index contributed by atoms with van der Waals surface area (Å²) in [6, 6.07) is -0.530. The molecule has 0 aliphatic heterocycles. The van der Waals surface area contributed by atoms with Gasteiger partial charge in [-0.3, -0.25) is 4.79 Å². The third-order valence-corrected chi connectivity index (χ3v) is 3.95. The molecule has 0 bridgehead atoms. The van der Waals surface area contributed by atoms with Crippen LogP contribution in [-0.4, -0.2) is 42.1 Å². The minimum absolute atomic E-state index is 0.162. The first kappa shape index (κ1) is 14.1. The Morgan fingerprint density at radius 1 is 1.60 bits per heavy atom. The molecule has 0 spiro atoms. The molecule has 5 nitrogen and oxygen atoms in total. The fourth-order valence-corrected chi connectivity index (χ4v) is 2.89. The standard InChI is InChI=1S/C9H17NO4S/c1-4-6-15(13,14)10(5-2)8(3)7-9(11)12/h4,8H,1,5-7H2,2-3H3,(H,11,12). The van der Waals surface area contributed by atoms with Crippen molar-refractivity contribution in [3.05, 3.63) is 12.7 Å². The zero-order chi connectivity index (χ0) is 12.1. The topological polar surface area (TPSA) is 74.7 Å². The van der Waals surface area contributed by atoms with E-state index in [0.717, 1.165) is 0 Å². The Labute approximate surface area is 90.4 Å². The molecule has 1 atom stereocenters. The number of hydrogen-bond donors (Lipinski definition) is 1. The third-order valence-electron chi connectivity index (χ3n) is 1.96. The maximum atomic E-state index is 11.6. The van der Waals surface area contributed by atoms with E-state index in [0.29, 0.717) is 0 Å². The normalized spacial score (nSPS) is 13.8. The Hall–Kier alpha value is -0.880. The average Bonchev–Trinajstić information content (AvgIpc) is 2.02. The fraction of sp³-hybridized carbons (Fsp3) is 0.667. The van der Waals surface area contributed by atoms with Crippen LogP contribution < -0.4 is 0 Å². The lowest BCUT2D eigenvalue weighted by Crippen LogP contribution is -2.40. The highest BCUT2D eigenvalue weighted by atomic mass is 32.2. The first-order chi connectivity index (χ1) is 6.85. The number of sulfonamides is 1. The number of hydrogen-bond acceptors (Lipinski definition) is 3. The molecule has 0 saturated carbocycles. The van der Waals surface area contributed by atoms with E-state index in [-0.39, 0.29) is 18.7 Å². The van der Waals surface area contributed by atoms with Crippen molar-refractivity contribution in [1.29, 1.82) is 0 Å². The molecule has 1 unspecified atom stereocenters. The molecule has 0 rings (SSSR count). The minimum atomic E-state index is -3.42. The van der Waals surface area contributed by atoms with Crippen molar-refractivity contribution in [2.45, 2.75) is 26.3 Å². The van der Waals surface area contributed by atoms with Crippen LogP contribution in [0.15, 0.2) is 12.7 Å². The highest BCUT2D eigenvalue weighted by Crippen LogP contribution is 2.10. The summed E-state index contributed by atoms with van der Waals surface area (Å²) in [5.41, 5.74) is 0. The summed E-state index contributed by atoms with van der Waals surface area (Å²) in [7, 11) is -3.42. The molecule has 1 N–H and O–H groups in total. The van der Waals surface area contributed by atoms with E-state index in [1.165, 1.54) is 10.4 Å². The van der Waals surface area contributed by atoms with Crippen LogP contribution in [0.1, 0.15) is 20.3 Å². The maximum absolute atomic E-state index is 11.6. The second-order valence-electron chi connectivity index (χ2n) is 3.22. The first-order valence-corrected chi connectivity index (χ1v) is 6.28. The molecule has 0 amide bonds. The molecule has 0 fully saturated rings. The zero-order valence-corrected chi connectivity index (χ0v) is 9.83. The van der Waals surface area contributed by atoms with Gasteiger partial charge in [0.25, 0.3) is 0 Å². The summed E-state index contributed by atoms with van der Waals surface area (Å²) in [6.45, 7) is 6.89. The summed E-state index contributed by atoms with van der Waals surface area (Å²) in [5, 5.41) is 8.58. The third kappa shape index (κ3) is 4.44. The Balaban J connectivity index is 4.75. The van der Waals surface area contributed by atoms with Crippen molar-refractivity contribution < 1.29 is 18.3 Å². The molecule has 15 heavy (non-hydrogen) atoms. The van der Waals surface area contributed by atoms with Crippen LogP contribution in [0.5, 0.6) is 0 Å². The molecule has 0 aromatic carbocycles. The molecular formula is C9H17NO4S. The van der Waals surface area contributed by atoms with E-state index < -0.39 is 22.0 Å². The van der Waals surface area contributed by atoms with Crippen molar-refractivity contribution in [3.8, 4) is 0 Å². The van der Waals surface area contributed by atoms with Gasteiger partial charge < -0.3 is 5.11 Å². The van der Waals surface area contributed by atoms with E-state index in [9.17, 15) is 13.2 Å². The molecule has 6 heteroatoms. The van der Waals surface area contributed by atoms with Gasteiger partial charge in [0, 0.05) is 12.6 Å². The fourth-order valence-electron chi connectivity index (χ4n) is 1.38. The number of carboxylic acids is 1. The second-order valence-corrected chi connectivity index (χ2v) is 5.18. The molecule has 0 radical (unpaired) electrons. The molecule has 0 aromatic heterocycles. The summed E-state index contributed by atoms with van der Waals surface area (Å²) in [4.78, 5) is 10.5. The molecule has 0 aliphatic rings. The summed E-state index contributed by atoms with van der Waals surface area (Å²) in [5.74, 6) is -1.17. The van der Waals surface area contributed by atoms with Gasteiger partial charge in [0.05, 0.1) is 12.2 Å². The number of carboxylic acid groups (broad SMARTS) is 1. The van der Waals surface area contributed by atoms with Gasteiger partial charge in [-0.05, 0) is 6.92 Å². The summed E-state index contributed by atoms with van der Waals surface area (Å²) in [6.07, 6.45) is 1.11. The Bertz CT molecular complexity index is 323. The van der Waals surface area contributed by atoms with E-state index in [4.69, 9.17) is 5.11 Å². The SMILES string of the molecule is C=CCS(=O)(=O)N(CC)C(C)CC(=O)O. The maximum Gasteiger partial charge on any atom is 0.304 e. The number of carbonyl (C=O) groups is 1. The largest absolute Gasteiger partial charge is 0.481 e. The lowest BCUT2D eigenvalue weighted by atomic mass is 10.2. The van der Waals surface area contributed by atoms with Crippen molar-refractivity contribution in [3.63, 3.8) is 0 Å². The summed E-state index contributed by atoms with van der Waals surface area (Å²) < 4.78 is 24.5. The van der Waals surface area contributed by atoms with Gasteiger partial charge in [-0.15, -0.1) is 6.58 Å². The molecule has 0 aromatic rings. The highest BCUT2D eigenvalue weighted by Gasteiger charge is 2.25. The smallest absolute Gasteiger partial charge is 0.304 e. The Kier molecular flexibility index (Phi) is 5.53. The van der Waals surface area contributed by atoms with Crippen LogP contribution in [0.3, 0.4) is 0 Å². The predicted molar refractivity (Wildman–Crippen MR) is 58.1 cm³/mol. The molecular weight excluding hydrogens is 218 g/mol. The van der Waals surface area contributed by atoms with Gasteiger partial charge in [0.1, 0.15) is 0 Å². The molecule has 0 heterocycles. The number of aliphatic carboxylic acids is 1. The monoisotopic (exact) mass is 235 g/mol. The minimum Gasteiger partial charge on any atom is -0.481 e. The van der Waals surface area contributed by atoms with Crippen molar-refractivity contribution in [2.24, 2.45) is 0 Å². The van der Waals surface area contributed by atoms with E-state index in [1.54, 1.807) is 13.8 Å². The zero-order valence-electron chi connectivity index (χ0n) is 9.01. The van der Waals surface area contributed by atoms with Crippen LogP contribution in [0, 0.1) is 0 Å². The van der Waals surface area contributed by atoms with Gasteiger partial charge in [0.15, 0.2) is 0 Å². The molecule has 88 valence electrons. The van der Waals surface area contributed by atoms with Crippen molar-refractivity contribution in [2.75, 3.05) is 12.3 Å².